The van der Waals surface area contributed by atoms with E-state index in [-0.39, 0.29) is 0 Å². The van der Waals surface area contributed by atoms with Crippen LogP contribution in [0.15, 0.2) is 42.5 Å². The van der Waals surface area contributed by atoms with E-state index >= 15 is 0 Å². The molecule has 3 aromatic rings. The maximum atomic E-state index is 5.80. The first kappa shape index (κ1) is 13.2. The molecule has 0 aliphatic rings. The van der Waals surface area contributed by atoms with Gasteiger partial charge < -0.3 is 10.5 Å². The molecular formula is C16H16N2OS. The van der Waals surface area contributed by atoms with E-state index in [9.17, 15) is 0 Å². The van der Waals surface area contributed by atoms with Gasteiger partial charge in [0.25, 0.3) is 0 Å². The van der Waals surface area contributed by atoms with E-state index in [2.05, 4.69) is 42.5 Å². The smallest absolute Gasteiger partial charge is 0.124 e. The molecule has 0 unspecified atom stereocenters. The molecule has 20 heavy (non-hydrogen) atoms. The van der Waals surface area contributed by atoms with Crippen LogP contribution in [0.5, 0.6) is 0 Å². The van der Waals surface area contributed by atoms with Gasteiger partial charge in [0.15, 0.2) is 0 Å². The van der Waals surface area contributed by atoms with Crippen LogP contribution < -0.4 is 5.73 Å². The molecule has 0 atom stereocenters. The Labute approximate surface area is 122 Å². The Morgan fingerprint density at radius 2 is 1.95 bits per heavy atom. The zero-order chi connectivity index (χ0) is 13.9. The summed E-state index contributed by atoms with van der Waals surface area (Å²) in [6, 6.07) is 14.6. The third-order valence-electron chi connectivity index (χ3n) is 3.26. The molecule has 2 N–H and O–H groups in total. The van der Waals surface area contributed by atoms with Crippen molar-refractivity contribution in [3.8, 4) is 10.6 Å². The average molecular weight is 284 g/mol. The van der Waals surface area contributed by atoms with Gasteiger partial charge in [0, 0.05) is 24.1 Å². The highest BCUT2D eigenvalue weighted by molar-refractivity contribution is 7.15. The van der Waals surface area contributed by atoms with Gasteiger partial charge in [0.05, 0.1) is 12.3 Å². The summed E-state index contributed by atoms with van der Waals surface area (Å²) in [6.45, 7) is 1.01. The molecule has 0 aliphatic heterocycles. The lowest BCUT2D eigenvalue weighted by Crippen LogP contribution is -1.99. The van der Waals surface area contributed by atoms with Gasteiger partial charge in [0.2, 0.25) is 0 Å². The van der Waals surface area contributed by atoms with Crippen molar-refractivity contribution < 1.29 is 4.74 Å². The molecule has 0 saturated heterocycles. The molecule has 4 heteroatoms. The molecule has 2 aromatic carbocycles. The Bertz CT molecular complexity index is 731. The van der Waals surface area contributed by atoms with Gasteiger partial charge in [-0.15, -0.1) is 11.3 Å². The van der Waals surface area contributed by atoms with E-state index in [1.807, 2.05) is 0 Å². The number of nitrogens with zero attached hydrogens (tertiary/aromatic N) is 1. The molecule has 0 bridgehead atoms. The van der Waals surface area contributed by atoms with Crippen LogP contribution in [0.3, 0.4) is 0 Å². The number of rotatable bonds is 4. The van der Waals surface area contributed by atoms with Crippen molar-refractivity contribution in [1.82, 2.24) is 4.98 Å². The Hall–Kier alpha value is -1.75. The van der Waals surface area contributed by atoms with Crippen LogP contribution in [0.25, 0.3) is 21.3 Å². The standard InChI is InChI=1S/C16H16N2OS/c1-19-10-14-15(9-17)20-16(18-14)13-8-4-6-11-5-2-3-7-12(11)13/h2-8H,9-10,17H2,1H3. The van der Waals surface area contributed by atoms with E-state index in [1.165, 1.54) is 10.8 Å². The molecule has 0 aliphatic carbocycles. The van der Waals surface area contributed by atoms with Crippen LogP contribution in [0, 0.1) is 0 Å². The number of aromatic nitrogens is 1. The summed E-state index contributed by atoms with van der Waals surface area (Å²) in [6.07, 6.45) is 0. The van der Waals surface area contributed by atoms with Crippen molar-refractivity contribution in [1.29, 1.82) is 0 Å². The van der Waals surface area contributed by atoms with Crippen LogP contribution in [-0.2, 0) is 17.9 Å². The van der Waals surface area contributed by atoms with Gasteiger partial charge >= 0.3 is 0 Å². The molecule has 0 spiro atoms. The predicted octanol–water partition coefficient (Wildman–Crippen LogP) is 3.57. The number of fused-ring (bicyclic) bond motifs is 1. The maximum absolute atomic E-state index is 5.80. The van der Waals surface area contributed by atoms with Crippen LogP contribution in [0.1, 0.15) is 10.6 Å². The fourth-order valence-electron chi connectivity index (χ4n) is 2.32. The molecule has 0 fully saturated rings. The van der Waals surface area contributed by atoms with Gasteiger partial charge in [-0.2, -0.15) is 0 Å². The highest BCUT2D eigenvalue weighted by atomic mass is 32.1. The molecule has 102 valence electrons. The summed E-state index contributed by atoms with van der Waals surface area (Å²) in [4.78, 5) is 5.80. The quantitative estimate of drug-likeness (QED) is 0.796. The third-order valence-corrected chi connectivity index (χ3v) is 4.42. The minimum absolute atomic E-state index is 0.501. The Balaban J connectivity index is 2.15. The minimum atomic E-state index is 0.501. The van der Waals surface area contributed by atoms with Gasteiger partial charge in [-0.1, -0.05) is 42.5 Å². The molecule has 0 amide bonds. The van der Waals surface area contributed by atoms with Gasteiger partial charge in [-0.25, -0.2) is 4.98 Å². The largest absolute Gasteiger partial charge is 0.378 e. The van der Waals surface area contributed by atoms with Crippen LogP contribution in [0.4, 0.5) is 0 Å². The minimum Gasteiger partial charge on any atom is -0.378 e. The van der Waals surface area contributed by atoms with Gasteiger partial charge in [-0.3, -0.25) is 0 Å². The van der Waals surface area contributed by atoms with Crippen molar-refractivity contribution in [2.75, 3.05) is 7.11 Å². The maximum Gasteiger partial charge on any atom is 0.124 e. The van der Waals surface area contributed by atoms with Crippen molar-refractivity contribution in [3.05, 3.63) is 53.0 Å². The van der Waals surface area contributed by atoms with Crippen molar-refractivity contribution in [2.24, 2.45) is 5.73 Å². The van der Waals surface area contributed by atoms with E-state index in [0.29, 0.717) is 13.2 Å². The summed E-state index contributed by atoms with van der Waals surface area (Å²) >= 11 is 1.65. The van der Waals surface area contributed by atoms with Crippen LogP contribution in [0.2, 0.25) is 0 Å². The third kappa shape index (κ3) is 2.33. The number of ether oxygens (including phenoxy) is 1. The first-order chi connectivity index (χ1) is 9.83. The number of methoxy groups -OCH3 is 1. The summed E-state index contributed by atoms with van der Waals surface area (Å²) in [5.74, 6) is 0. The van der Waals surface area contributed by atoms with E-state index in [0.717, 1.165) is 21.1 Å². The Morgan fingerprint density at radius 1 is 1.15 bits per heavy atom. The Morgan fingerprint density at radius 3 is 2.75 bits per heavy atom. The molecule has 0 radical (unpaired) electrons. The first-order valence-electron chi connectivity index (χ1n) is 6.49. The monoisotopic (exact) mass is 284 g/mol. The number of nitrogens with two attached hydrogens (primary N) is 1. The lowest BCUT2D eigenvalue weighted by Gasteiger charge is -2.03. The fraction of sp³-hybridized carbons (Fsp3) is 0.188. The summed E-state index contributed by atoms with van der Waals surface area (Å²) < 4.78 is 5.20. The van der Waals surface area contributed by atoms with Crippen LogP contribution in [-0.4, -0.2) is 12.1 Å². The van der Waals surface area contributed by atoms with Gasteiger partial charge in [-0.05, 0) is 10.8 Å². The molecule has 1 aromatic heterocycles. The second-order valence-electron chi connectivity index (χ2n) is 4.55. The lowest BCUT2D eigenvalue weighted by molar-refractivity contribution is 0.181. The summed E-state index contributed by atoms with van der Waals surface area (Å²) in [5.41, 5.74) is 7.90. The number of hydrogen-bond donors (Lipinski definition) is 1. The normalized spacial score (nSPS) is 11.1. The second kappa shape index (κ2) is 5.71. The average Bonchev–Trinajstić information content (AvgIpc) is 2.90. The summed E-state index contributed by atoms with van der Waals surface area (Å²) in [7, 11) is 1.68. The number of thiazole rings is 1. The number of benzene rings is 2. The highest BCUT2D eigenvalue weighted by Gasteiger charge is 2.13. The van der Waals surface area contributed by atoms with Crippen LogP contribution >= 0.6 is 11.3 Å². The SMILES string of the molecule is COCc1nc(-c2cccc3ccccc23)sc1CN. The molecular weight excluding hydrogens is 268 g/mol. The van der Waals surface area contributed by atoms with E-state index in [1.54, 1.807) is 18.4 Å². The fourth-order valence-corrected chi connectivity index (χ4v) is 3.30. The lowest BCUT2D eigenvalue weighted by atomic mass is 10.1. The van der Waals surface area contributed by atoms with Crippen molar-refractivity contribution in [2.45, 2.75) is 13.2 Å². The van der Waals surface area contributed by atoms with E-state index in [4.69, 9.17) is 15.5 Å². The first-order valence-corrected chi connectivity index (χ1v) is 7.31. The van der Waals surface area contributed by atoms with E-state index < -0.39 is 0 Å². The van der Waals surface area contributed by atoms with Gasteiger partial charge in [0.1, 0.15) is 5.01 Å². The Kier molecular flexibility index (Phi) is 3.78. The van der Waals surface area contributed by atoms with Crippen molar-refractivity contribution >= 4 is 22.1 Å². The second-order valence-corrected chi connectivity index (χ2v) is 5.64. The predicted molar refractivity (Wildman–Crippen MR) is 83.7 cm³/mol. The number of hydrogen-bond acceptors (Lipinski definition) is 4. The topological polar surface area (TPSA) is 48.1 Å². The zero-order valence-corrected chi connectivity index (χ0v) is 12.1. The summed E-state index contributed by atoms with van der Waals surface area (Å²) in [5, 5.41) is 3.45. The van der Waals surface area contributed by atoms with Crippen molar-refractivity contribution in [3.63, 3.8) is 0 Å². The molecule has 1 heterocycles. The molecule has 0 saturated carbocycles. The zero-order valence-electron chi connectivity index (χ0n) is 11.3. The highest BCUT2D eigenvalue weighted by Crippen LogP contribution is 2.33. The molecule has 3 nitrogen and oxygen atoms in total. The molecule has 3 rings (SSSR count).